The molecule has 0 unspecified atom stereocenters. The van der Waals surface area contributed by atoms with Crippen LogP contribution in [0.3, 0.4) is 0 Å². The fraction of sp³-hybridized carbons (Fsp3) is 0.0455. The molecule has 3 aromatic rings. The van der Waals surface area contributed by atoms with Crippen LogP contribution >= 0.6 is 11.8 Å². The van der Waals surface area contributed by atoms with Gasteiger partial charge in [-0.3, -0.25) is 9.69 Å². The number of halogens is 2. The van der Waals surface area contributed by atoms with Crippen molar-refractivity contribution in [3.8, 4) is 0 Å². The van der Waals surface area contributed by atoms with Crippen LogP contribution < -0.4 is 0 Å². The molecule has 30 heavy (non-hydrogen) atoms. The maximum atomic E-state index is 14.0. The molecule has 1 amide bonds. The zero-order chi connectivity index (χ0) is 20.9. The molecule has 0 spiro atoms. The van der Waals surface area contributed by atoms with Gasteiger partial charge in [0.25, 0.3) is 5.91 Å². The van der Waals surface area contributed by atoms with Crippen LogP contribution in [0.5, 0.6) is 0 Å². The number of nitrogens with zero attached hydrogens (tertiary/aromatic N) is 3. The number of thioether (sulfide) groups is 1. The van der Waals surface area contributed by atoms with Gasteiger partial charge in [0.1, 0.15) is 17.4 Å². The summed E-state index contributed by atoms with van der Waals surface area (Å²) in [5.74, 6) is -0.649. The molecule has 1 aliphatic rings. The fourth-order valence-electron chi connectivity index (χ4n) is 2.73. The third kappa shape index (κ3) is 4.38. The second kappa shape index (κ2) is 8.87. The Morgan fingerprint density at radius 1 is 0.967 bits per heavy atom. The van der Waals surface area contributed by atoms with Gasteiger partial charge in [0, 0.05) is 11.1 Å². The van der Waals surface area contributed by atoms with Crippen LogP contribution in [-0.2, 0) is 11.3 Å². The number of benzene rings is 2. The molecule has 1 aliphatic heterocycles. The molecule has 1 saturated heterocycles. The first-order valence-corrected chi connectivity index (χ1v) is 9.77. The first kappa shape index (κ1) is 19.8. The number of hydrogen-bond acceptors (Lipinski definition) is 5. The highest BCUT2D eigenvalue weighted by Gasteiger charge is 2.34. The Morgan fingerprint density at radius 2 is 1.67 bits per heavy atom. The first-order valence-electron chi connectivity index (χ1n) is 8.96. The molecule has 4 rings (SSSR count). The van der Waals surface area contributed by atoms with Crippen molar-refractivity contribution in [3.63, 3.8) is 0 Å². The van der Waals surface area contributed by atoms with E-state index in [2.05, 4.69) is 10.2 Å². The number of carbonyl (C=O) groups excluding carboxylic acids is 1. The Balaban J connectivity index is 1.65. The quantitative estimate of drug-likeness (QED) is 0.327. The van der Waals surface area contributed by atoms with Crippen molar-refractivity contribution in [1.29, 1.82) is 0 Å². The molecule has 5 nitrogen and oxygen atoms in total. The molecule has 1 aromatic heterocycles. The minimum absolute atomic E-state index is 0.140. The summed E-state index contributed by atoms with van der Waals surface area (Å²) in [6, 6.07) is 15.8. The van der Waals surface area contributed by atoms with Crippen LogP contribution in [0.25, 0.3) is 6.08 Å². The predicted octanol–water partition coefficient (Wildman–Crippen LogP) is 5.06. The Kier molecular flexibility index (Phi) is 5.85. The number of amides is 1. The van der Waals surface area contributed by atoms with E-state index in [0.29, 0.717) is 16.2 Å². The summed E-state index contributed by atoms with van der Waals surface area (Å²) < 4.78 is 33.1. The molecule has 2 heterocycles. The summed E-state index contributed by atoms with van der Waals surface area (Å²) in [5.41, 5.74) is 0.568. The van der Waals surface area contributed by atoms with Crippen LogP contribution in [-0.4, -0.2) is 22.2 Å². The molecule has 0 radical (unpaired) electrons. The van der Waals surface area contributed by atoms with Crippen LogP contribution in [0, 0.1) is 11.6 Å². The van der Waals surface area contributed by atoms with Gasteiger partial charge in [-0.15, -0.1) is 5.10 Å². The summed E-state index contributed by atoms with van der Waals surface area (Å²) in [6.07, 6.45) is 4.25. The van der Waals surface area contributed by atoms with Crippen molar-refractivity contribution >= 4 is 35.1 Å². The van der Waals surface area contributed by atoms with E-state index in [1.54, 1.807) is 48.5 Å². The number of rotatable bonds is 5. The largest absolute Gasteiger partial charge is 0.467 e. The molecule has 0 saturated carbocycles. The molecule has 0 aliphatic carbocycles. The summed E-state index contributed by atoms with van der Waals surface area (Å²) in [4.78, 5) is 14.6. The van der Waals surface area contributed by atoms with E-state index in [1.165, 1.54) is 35.6 Å². The first-order chi connectivity index (χ1) is 14.6. The van der Waals surface area contributed by atoms with Gasteiger partial charge in [-0.2, -0.15) is 5.10 Å². The average Bonchev–Trinajstić information content (AvgIpc) is 3.35. The second-order valence-electron chi connectivity index (χ2n) is 6.25. The van der Waals surface area contributed by atoms with Crippen LogP contribution in [0.1, 0.15) is 16.9 Å². The number of furan rings is 1. The maximum Gasteiger partial charge on any atom is 0.267 e. The van der Waals surface area contributed by atoms with Crippen LogP contribution in [0.2, 0.25) is 0 Å². The molecule has 1 fully saturated rings. The van der Waals surface area contributed by atoms with E-state index >= 15 is 0 Å². The molecule has 0 N–H and O–H groups in total. The highest BCUT2D eigenvalue weighted by atomic mass is 32.2. The van der Waals surface area contributed by atoms with Crippen molar-refractivity contribution in [2.75, 3.05) is 0 Å². The van der Waals surface area contributed by atoms with Gasteiger partial charge in [0.2, 0.25) is 0 Å². The number of hydrogen-bond donors (Lipinski definition) is 0. The van der Waals surface area contributed by atoms with Gasteiger partial charge >= 0.3 is 0 Å². The highest BCUT2D eigenvalue weighted by Crippen LogP contribution is 2.34. The van der Waals surface area contributed by atoms with Crippen LogP contribution in [0.4, 0.5) is 8.78 Å². The maximum absolute atomic E-state index is 14.0. The van der Waals surface area contributed by atoms with Crippen molar-refractivity contribution < 1.29 is 18.0 Å². The van der Waals surface area contributed by atoms with Crippen molar-refractivity contribution in [3.05, 3.63) is 100 Å². The lowest BCUT2D eigenvalue weighted by molar-refractivity contribution is -0.122. The third-order valence-electron chi connectivity index (χ3n) is 4.22. The Labute approximate surface area is 175 Å². The molecule has 2 aromatic carbocycles. The monoisotopic (exact) mass is 423 g/mol. The van der Waals surface area contributed by atoms with E-state index in [9.17, 15) is 13.6 Å². The minimum atomic E-state index is -0.432. The van der Waals surface area contributed by atoms with Crippen molar-refractivity contribution in [1.82, 2.24) is 4.90 Å². The molecule has 8 heteroatoms. The van der Waals surface area contributed by atoms with Gasteiger partial charge in [0.15, 0.2) is 5.17 Å². The second-order valence-corrected chi connectivity index (χ2v) is 7.26. The lowest BCUT2D eigenvalue weighted by Gasteiger charge is -2.12. The van der Waals surface area contributed by atoms with E-state index in [0.717, 1.165) is 11.8 Å². The standard InChI is InChI=1S/C22H15F2N3O2S/c23-18-9-3-1-6-15(18)12-20-21(28)27(14-17-8-5-11-29-17)22(30-20)26-25-13-16-7-2-4-10-19(16)24/h1-13H,14H2/b20-12-,25-13-,26-22+. The fourth-order valence-corrected chi connectivity index (χ4v) is 3.66. The Hall–Kier alpha value is -3.52. The van der Waals surface area contributed by atoms with E-state index in [1.807, 2.05) is 0 Å². The minimum Gasteiger partial charge on any atom is -0.467 e. The van der Waals surface area contributed by atoms with E-state index in [4.69, 9.17) is 4.42 Å². The zero-order valence-corrected chi connectivity index (χ0v) is 16.4. The van der Waals surface area contributed by atoms with Gasteiger partial charge in [-0.1, -0.05) is 36.4 Å². The molecule has 0 bridgehead atoms. The molecular formula is C22H15F2N3O2S. The van der Waals surface area contributed by atoms with Crippen molar-refractivity contribution in [2.24, 2.45) is 10.2 Å². The number of carbonyl (C=O) groups is 1. The molecular weight excluding hydrogens is 408 g/mol. The van der Waals surface area contributed by atoms with Gasteiger partial charge in [0.05, 0.1) is 23.9 Å². The van der Waals surface area contributed by atoms with E-state index in [-0.39, 0.29) is 23.2 Å². The average molecular weight is 423 g/mol. The summed E-state index contributed by atoms with van der Waals surface area (Å²) in [5, 5.41) is 8.32. The summed E-state index contributed by atoms with van der Waals surface area (Å²) in [7, 11) is 0. The smallest absolute Gasteiger partial charge is 0.267 e. The predicted molar refractivity (Wildman–Crippen MR) is 113 cm³/mol. The van der Waals surface area contributed by atoms with Gasteiger partial charge in [-0.25, -0.2) is 8.78 Å². The normalized spacial score (nSPS) is 17.0. The SMILES string of the molecule is O=C1/C(=C/c2ccccc2F)S/C(=N/N=C\c2ccccc2F)N1Cc1ccco1. The Morgan fingerprint density at radius 3 is 2.33 bits per heavy atom. The molecule has 0 atom stereocenters. The third-order valence-corrected chi connectivity index (χ3v) is 5.22. The molecule has 150 valence electrons. The lowest BCUT2D eigenvalue weighted by Crippen LogP contribution is -2.28. The van der Waals surface area contributed by atoms with Gasteiger partial charge in [-0.05, 0) is 42.1 Å². The summed E-state index contributed by atoms with van der Waals surface area (Å²) in [6.45, 7) is 0.140. The van der Waals surface area contributed by atoms with Crippen LogP contribution in [0.15, 0.2) is 86.5 Å². The van der Waals surface area contributed by atoms with Crippen molar-refractivity contribution in [2.45, 2.75) is 6.54 Å². The lowest BCUT2D eigenvalue weighted by atomic mass is 10.2. The topological polar surface area (TPSA) is 58.2 Å². The number of amidine groups is 1. The highest BCUT2D eigenvalue weighted by molar-refractivity contribution is 8.18. The summed E-state index contributed by atoms with van der Waals surface area (Å²) >= 11 is 1.06. The van der Waals surface area contributed by atoms with E-state index < -0.39 is 11.6 Å². The van der Waals surface area contributed by atoms with Gasteiger partial charge < -0.3 is 4.42 Å². The Bertz CT molecular complexity index is 1160. The zero-order valence-electron chi connectivity index (χ0n) is 15.5.